The summed E-state index contributed by atoms with van der Waals surface area (Å²) in [6, 6.07) is 31.5. The molecule has 4 heteroatoms. The van der Waals surface area contributed by atoms with Crippen molar-refractivity contribution in [2.24, 2.45) is 0 Å². The van der Waals surface area contributed by atoms with E-state index >= 15 is 0 Å². The van der Waals surface area contributed by atoms with Crippen LogP contribution in [0.2, 0.25) is 0 Å². The Morgan fingerprint density at radius 3 is 1.26 bits per heavy atom. The van der Waals surface area contributed by atoms with E-state index < -0.39 is 0 Å². The zero-order valence-electron chi connectivity index (χ0n) is 25.3. The zero-order chi connectivity index (χ0) is 29.5. The Labute approximate surface area is 262 Å². The first-order chi connectivity index (χ1) is 20.2. The van der Waals surface area contributed by atoms with Crippen LogP contribution in [0.4, 0.5) is 0 Å². The van der Waals surface area contributed by atoms with Crippen molar-refractivity contribution >= 4 is 46.3 Å². The molecule has 0 aromatic heterocycles. The van der Waals surface area contributed by atoms with Crippen LogP contribution in [0.1, 0.15) is 73.9 Å². The van der Waals surface area contributed by atoms with Crippen molar-refractivity contribution in [1.29, 1.82) is 0 Å². The summed E-state index contributed by atoms with van der Waals surface area (Å²) < 4.78 is 13.8. The van der Waals surface area contributed by atoms with E-state index in [1.54, 1.807) is 14.2 Å². The molecule has 0 heterocycles. The standard InChI is InChI=1S/C38H38O2Se2/c1-37(2)21-19-31(25-7-11-27(39-5)12-8-25)33-17-15-29(23-35(33)37)41-42-30-16-18-34-32(20-22-38(3,4)36(34)24-30)26-9-13-28(40-6)14-10-26/h7-20,23-24H,21-22H2,1-6H3. The van der Waals surface area contributed by atoms with Crippen LogP contribution >= 0.6 is 0 Å². The molecule has 0 saturated carbocycles. The van der Waals surface area contributed by atoms with Crippen LogP contribution in [-0.4, -0.2) is 40.5 Å². The predicted octanol–water partition coefficient (Wildman–Crippen LogP) is 7.20. The van der Waals surface area contributed by atoms with Gasteiger partial charge < -0.3 is 0 Å². The third kappa shape index (κ3) is 5.67. The maximum atomic E-state index is 5.39. The van der Waals surface area contributed by atoms with E-state index in [9.17, 15) is 0 Å². The maximum absolute atomic E-state index is 5.39. The van der Waals surface area contributed by atoms with Crippen molar-refractivity contribution in [3.05, 3.63) is 130 Å². The van der Waals surface area contributed by atoms with Crippen molar-refractivity contribution in [1.82, 2.24) is 0 Å². The summed E-state index contributed by atoms with van der Waals surface area (Å²) in [5.41, 5.74) is 11.2. The molecule has 214 valence electrons. The number of benzene rings is 4. The molecule has 0 radical (unpaired) electrons. The fraction of sp³-hybridized carbons (Fsp3) is 0.263. The van der Waals surface area contributed by atoms with Gasteiger partial charge in [0.2, 0.25) is 0 Å². The van der Waals surface area contributed by atoms with Gasteiger partial charge in [0.25, 0.3) is 0 Å². The Balaban J connectivity index is 1.25. The Hall–Kier alpha value is -3.00. The summed E-state index contributed by atoms with van der Waals surface area (Å²) in [6.45, 7) is 9.53. The van der Waals surface area contributed by atoms with Gasteiger partial charge >= 0.3 is 263 Å². The van der Waals surface area contributed by atoms with E-state index in [0.717, 1.165) is 24.3 Å². The summed E-state index contributed by atoms with van der Waals surface area (Å²) in [5, 5.41) is 0. The van der Waals surface area contributed by atoms with Gasteiger partial charge in [0.15, 0.2) is 0 Å². The molecule has 6 rings (SSSR count). The molecule has 0 saturated heterocycles. The van der Waals surface area contributed by atoms with E-state index in [4.69, 9.17) is 9.47 Å². The first-order valence-electron chi connectivity index (χ1n) is 14.5. The molecule has 0 amide bonds. The molecule has 4 aromatic rings. The van der Waals surface area contributed by atoms with Gasteiger partial charge in [0.05, 0.1) is 0 Å². The second-order valence-corrected chi connectivity index (χ2v) is 18.8. The van der Waals surface area contributed by atoms with Gasteiger partial charge in [-0.05, 0) is 0 Å². The van der Waals surface area contributed by atoms with Crippen molar-refractivity contribution in [3.8, 4) is 11.5 Å². The fourth-order valence-electron chi connectivity index (χ4n) is 6.08. The Bertz CT molecular complexity index is 1550. The number of ether oxygens (including phenoxy) is 2. The van der Waals surface area contributed by atoms with Crippen molar-refractivity contribution in [2.75, 3.05) is 14.2 Å². The van der Waals surface area contributed by atoms with Gasteiger partial charge in [0, 0.05) is 0 Å². The average Bonchev–Trinajstić information content (AvgIpc) is 3.00. The molecule has 2 aliphatic rings. The number of hydrogen-bond acceptors (Lipinski definition) is 2. The van der Waals surface area contributed by atoms with Crippen molar-refractivity contribution < 1.29 is 9.47 Å². The monoisotopic (exact) mass is 686 g/mol. The summed E-state index contributed by atoms with van der Waals surface area (Å²) in [4.78, 5) is 0. The zero-order valence-corrected chi connectivity index (χ0v) is 28.7. The second kappa shape index (κ2) is 11.6. The van der Waals surface area contributed by atoms with E-state index in [0.29, 0.717) is 26.3 Å². The molecule has 0 aliphatic heterocycles. The molecule has 2 aliphatic carbocycles. The van der Waals surface area contributed by atoms with Crippen molar-refractivity contribution in [3.63, 3.8) is 0 Å². The molecule has 42 heavy (non-hydrogen) atoms. The molecule has 0 unspecified atom stereocenters. The van der Waals surface area contributed by atoms with E-state index in [-0.39, 0.29) is 10.8 Å². The van der Waals surface area contributed by atoms with Gasteiger partial charge in [-0.2, -0.15) is 0 Å². The minimum atomic E-state index is 0.129. The first-order valence-corrected chi connectivity index (χ1v) is 20.6. The van der Waals surface area contributed by atoms with Gasteiger partial charge in [-0.15, -0.1) is 0 Å². The fourth-order valence-corrected chi connectivity index (χ4v) is 12.1. The van der Waals surface area contributed by atoms with Gasteiger partial charge in [0.1, 0.15) is 0 Å². The van der Waals surface area contributed by atoms with Crippen LogP contribution < -0.4 is 18.4 Å². The van der Waals surface area contributed by atoms with Crippen LogP contribution in [0.3, 0.4) is 0 Å². The van der Waals surface area contributed by atoms with Gasteiger partial charge in [-0.25, -0.2) is 0 Å². The topological polar surface area (TPSA) is 18.5 Å². The minimum absolute atomic E-state index is 0.129. The van der Waals surface area contributed by atoms with E-state index in [1.807, 2.05) is 0 Å². The van der Waals surface area contributed by atoms with E-state index in [2.05, 4.69) is 125 Å². The summed E-state index contributed by atoms with van der Waals surface area (Å²) in [6.07, 6.45) is 6.94. The molecule has 0 N–H and O–H groups in total. The average molecular weight is 685 g/mol. The molecule has 0 bridgehead atoms. The first kappa shape index (κ1) is 29.1. The Morgan fingerprint density at radius 2 is 0.905 bits per heavy atom. The molecule has 4 aromatic carbocycles. The predicted molar refractivity (Wildman–Crippen MR) is 179 cm³/mol. The van der Waals surface area contributed by atoms with Crippen LogP contribution in [-0.2, 0) is 10.8 Å². The Kier molecular flexibility index (Phi) is 8.03. The molecular weight excluding hydrogens is 646 g/mol. The van der Waals surface area contributed by atoms with Crippen LogP contribution in [0.15, 0.2) is 97.1 Å². The molecular formula is C38H38O2Se2. The van der Waals surface area contributed by atoms with Crippen LogP contribution in [0, 0.1) is 0 Å². The molecule has 0 spiro atoms. The summed E-state index contributed by atoms with van der Waals surface area (Å²) >= 11 is 0.836. The number of fused-ring (bicyclic) bond motifs is 2. The molecule has 2 nitrogen and oxygen atoms in total. The van der Waals surface area contributed by atoms with Gasteiger partial charge in [-0.1, -0.05) is 0 Å². The van der Waals surface area contributed by atoms with E-state index in [1.165, 1.54) is 53.5 Å². The second-order valence-electron chi connectivity index (χ2n) is 12.5. The van der Waals surface area contributed by atoms with Gasteiger partial charge in [-0.3, -0.25) is 0 Å². The van der Waals surface area contributed by atoms with Crippen molar-refractivity contribution in [2.45, 2.75) is 51.4 Å². The third-order valence-corrected chi connectivity index (χ3v) is 15.8. The molecule has 0 atom stereocenters. The summed E-state index contributed by atoms with van der Waals surface area (Å²) in [7, 11) is 3.44. The number of hydrogen-bond donors (Lipinski definition) is 0. The normalized spacial score (nSPS) is 16.5. The number of allylic oxidation sites excluding steroid dienone is 2. The number of rotatable bonds is 7. The third-order valence-electron chi connectivity index (χ3n) is 8.69. The molecule has 0 fully saturated rings. The van der Waals surface area contributed by atoms with Crippen LogP contribution in [0.25, 0.3) is 11.1 Å². The summed E-state index contributed by atoms with van der Waals surface area (Å²) in [5.74, 6) is 1.80. The SMILES string of the molecule is COc1ccc(C2=CCC(C)(C)c3cc([Se][Se]c4ccc5c(c4)C(C)(C)CC=C5c4ccc(OC)cc4)ccc32)cc1. The Morgan fingerprint density at radius 1 is 0.524 bits per heavy atom. The van der Waals surface area contributed by atoms with Crippen LogP contribution in [0.5, 0.6) is 11.5 Å². The quantitative estimate of drug-likeness (QED) is 0.192. The number of methoxy groups -OCH3 is 2.